The predicted molar refractivity (Wildman–Crippen MR) is 149 cm³/mol. The summed E-state index contributed by atoms with van der Waals surface area (Å²) in [6.45, 7) is 1.74. The molecule has 192 valence electrons. The van der Waals surface area contributed by atoms with Gasteiger partial charge in [-0.2, -0.15) is 0 Å². The van der Waals surface area contributed by atoms with Crippen molar-refractivity contribution in [1.82, 2.24) is 10.5 Å². The van der Waals surface area contributed by atoms with Gasteiger partial charge in [0.2, 0.25) is 5.91 Å². The standard InChI is InChI=1S/C28H23ClN4O4S/c1-18-14-25(33-37-18)32-26(34)17-38-23-9-5-8-22(16-23)30-28(36)24(15-19-10-12-21(29)13-11-19)31-27(35)20-6-3-2-4-7-20/h2-16H,17H2,1H3,(H,30,36)(H,31,35)(H,32,33,34)/b24-15-. The molecule has 0 saturated heterocycles. The highest BCUT2D eigenvalue weighted by molar-refractivity contribution is 8.00. The van der Waals surface area contributed by atoms with Crippen LogP contribution in [-0.2, 0) is 9.59 Å². The van der Waals surface area contributed by atoms with Crippen LogP contribution in [0.5, 0.6) is 0 Å². The molecule has 8 nitrogen and oxygen atoms in total. The molecule has 1 heterocycles. The van der Waals surface area contributed by atoms with Crippen molar-refractivity contribution in [2.45, 2.75) is 11.8 Å². The number of rotatable bonds is 9. The first kappa shape index (κ1) is 26.7. The minimum atomic E-state index is -0.509. The quantitative estimate of drug-likeness (QED) is 0.181. The predicted octanol–water partition coefficient (Wildman–Crippen LogP) is 5.78. The van der Waals surface area contributed by atoms with Gasteiger partial charge < -0.3 is 20.5 Å². The van der Waals surface area contributed by atoms with Gasteiger partial charge in [0.15, 0.2) is 5.82 Å². The fraction of sp³-hybridized carbons (Fsp3) is 0.0714. The molecule has 10 heteroatoms. The van der Waals surface area contributed by atoms with Gasteiger partial charge in [-0.25, -0.2) is 0 Å². The van der Waals surface area contributed by atoms with Crippen LogP contribution < -0.4 is 16.0 Å². The molecule has 4 rings (SSSR count). The van der Waals surface area contributed by atoms with E-state index in [2.05, 4.69) is 21.1 Å². The van der Waals surface area contributed by atoms with E-state index in [0.717, 1.165) is 4.90 Å². The lowest BCUT2D eigenvalue weighted by Gasteiger charge is -2.12. The van der Waals surface area contributed by atoms with E-state index in [9.17, 15) is 14.4 Å². The zero-order chi connectivity index (χ0) is 26.9. The minimum Gasteiger partial charge on any atom is -0.360 e. The van der Waals surface area contributed by atoms with Gasteiger partial charge >= 0.3 is 0 Å². The van der Waals surface area contributed by atoms with Crippen molar-refractivity contribution in [3.8, 4) is 0 Å². The van der Waals surface area contributed by atoms with Gasteiger partial charge in [0.25, 0.3) is 11.8 Å². The van der Waals surface area contributed by atoms with E-state index in [1.54, 1.807) is 91.9 Å². The molecular formula is C28H23ClN4O4S. The smallest absolute Gasteiger partial charge is 0.272 e. The van der Waals surface area contributed by atoms with Crippen molar-refractivity contribution in [1.29, 1.82) is 0 Å². The molecule has 0 aliphatic carbocycles. The van der Waals surface area contributed by atoms with Crippen LogP contribution in [0.4, 0.5) is 11.5 Å². The molecule has 3 N–H and O–H groups in total. The van der Waals surface area contributed by atoms with Crippen LogP contribution in [0.15, 0.2) is 100 Å². The van der Waals surface area contributed by atoms with Crippen molar-refractivity contribution in [3.05, 3.63) is 113 Å². The number of carbonyl (C=O) groups is 3. The number of benzene rings is 3. The lowest BCUT2D eigenvalue weighted by molar-refractivity contribution is -0.114. The second-order valence-electron chi connectivity index (χ2n) is 8.07. The maximum atomic E-state index is 13.2. The van der Waals surface area contributed by atoms with Crippen molar-refractivity contribution in [3.63, 3.8) is 0 Å². The summed E-state index contributed by atoms with van der Waals surface area (Å²) < 4.78 is 4.94. The number of aromatic nitrogens is 1. The maximum Gasteiger partial charge on any atom is 0.272 e. The van der Waals surface area contributed by atoms with E-state index in [1.807, 2.05) is 6.07 Å². The highest BCUT2D eigenvalue weighted by atomic mass is 35.5. The Hall–Kier alpha value is -4.34. The molecule has 0 fully saturated rings. The van der Waals surface area contributed by atoms with E-state index < -0.39 is 11.8 Å². The molecule has 4 aromatic rings. The molecule has 0 atom stereocenters. The Bertz CT molecular complexity index is 1470. The molecule has 0 spiro atoms. The molecule has 0 aliphatic rings. The average molecular weight is 547 g/mol. The van der Waals surface area contributed by atoms with Crippen LogP contribution in [0.2, 0.25) is 5.02 Å². The van der Waals surface area contributed by atoms with Gasteiger partial charge in [-0.05, 0) is 61.0 Å². The third-order valence-corrected chi connectivity index (χ3v) is 6.31. The highest BCUT2D eigenvalue weighted by Crippen LogP contribution is 2.23. The Kier molecular flexibility index (Phi) is 8.97. The van der Waals surface area contributed by atoms with Gasteiger partial charge in [-0.3, -0.25) is 14.4 Å². The number of nitrogens with zero attached hydrogens (tertiary/aromatic N) is 1. The molecule has 0 aliphatic heterocycles. The van der Waals surface area contributed by atoms with Crippen molar-refractivity contribution in [2.75, 3.05) is 16.4 Å². The first-order valence-corrected chi connectivity index (χ1v) is 12.8. The molecule has 0 saturated carbocycles. The number of amides is 3. The Labute approximate surface area is 228 Å². The van der Waals surface area contributed by atoms with E-state index >= 15 is 0 Å². The Morgan fingerprint density at radius 1 is 0.947 bits per heavy atom. The number of carbonyl (C=O) groups excluding carboxylic acids is 3. The van der Waals surface area contributed by atoms with Gasteiger partial charge in [0.05, 0.1) is 5.75 Å². The summed E-state index contributed by atoms with van der Waals surface area (Å²) in [5, 5.41) is 12.5. The number of thioether (sulfide) groups is 1. The zero-order valence-electron chi connectivity index (χ0n) is 20.2. The third-order valence-electron chi connectivity index (χ3n) is 5.07. The lowest BCUT2D eigenvalue weighted by atomic mass is 10.1. The van der Waals surface area contributed by atoms with Crippen molar-refractivity contribution in [2.24, 2.45) is 0 Å². The monoisotopic (exact) mass is 546 g/mol. The van der Waals surface area contributed by atoms with E-state index in [0.29, 0.717) is 33.4 Å². The summed E-state index contributed by atoms with van der Waals surface area (Å²) in [4.78, 5) is 39.0. The summed E-state index contributed by atoms with van der Waals surface area (Å²) in [5.74, 6) is -0.0795. The molecule has 3 aromatic carbocycles. The average Bonchev–Trinajstić information content (AvgIpc) is 3.33. The second kappa shape index (κ2) is 12.8. The van der Waals surface area contributed by atoms with Crippen LogP contribution in [0.3, 0.4) is 0 Å². The number of nitrogens with one attached hydrogen (secondary N) is 3. The van der Waals surface area contributed by atoms with Gasteiger partial charge in [-0.15, -0.1) is 11.8 Å². The fourth-order valence-corrected chi connectivity index (χ4v) is 4.16. The zero-order valence-corrected chi connectivity index (χ0v) is 21.8. The van der Waals surface area contributed by atoms with Crippen LogP contribution in [-0.4, -0.2) is 28.6 Å². The van der Waals surface area contributed by atoms with Gasteiger partial charge in [0.1, 0.15) is 11.5 Å². The first-order chi connectivity index (χ1) is 18.4. The summed E-state index contributed by atoms with van der Waals surface area (Å²) in [6, 6.07) is 24.2. The highest BCUT2D eigenvalue weighted by Gasteiger charge is 2.15. The maximum absolute atomic E-state index is 13.2. The second-order valence-corrected chi connectivity index (χ2v) is 9.56. The SMILES string of the molecule is Cc1cc(NC(=O)CSc2cccc(NC(=O)/C(=C/c3ccc(Cl)cc3)NC(=O)c3ccccc3)c2)no1. The molecule has 0 unspecified atom stereocenters. The minimum absolute atomic E-state index is 0.0570. The Morgan fingerprint density at radius 3 is 2.42 bits per heavy atom. The number of hydrogen-bond donors (Lipinski definition) is 3. The summed E-state index contributed by atoms with van der Waals surface area (Å²) in [6.07, 6.45) is 1.57. The van der Waals surface area contributed by atoms with Crippen molar-refractivity contribution >= 4 is 58.7 Å². The Morgan fingerprint density at radius 2 is 1.71 bits per heavy atom. The fourth-order valence-electron chi connectivity index (χ4n) is 3.28. The molecule has 0 radical (unpaired) electrons. The van der Waals surface area contributed by atoms with Crippen LogP contribution in [0.25, 0.3) is 6.08 Å². The normalized spacial score (nSPS) is 11.1. The number of halogens is 1. The number of anilines is 2. The summed E-state index contributed by atoms with van der Waals surface area (Å²) >= 11 is 7.28. The molecule has 0 bridgehead atoms. The Balaban J connectivity index is 1.45. The first-order valence-electron chi connectivity index (χ1n) is 11.5. The van der Waals surface area contributed by atoms with E-state index in [-0.39, 0.29) is 17.4 Å². The molecular weight excluding hydrogens is 524 g/mol. The third kappa shape index (κ3) is 7.83. The van der Waals surface area contributed by atoms with E-state index in [4.69, 9.17) is 16.1 Å². The van der Waals surface area contributed by atoms with E-state index in [1.165, 1.54) is 11.8 Å². The summed E-state index contributed by atoms with van der Waals surface area (Å²) in [5.41, 5.74) is 1.66. The molecule has 38 heavy (non-hydrogen) atoms. The topological polar surface area (TPSA) is 113 Å². The number of hydrogen-bond acceptors (Lipinski definition) is 6. The van der Waals surface area contributed by atoms with Crippen LogP contribution in [0, 0.1) is 6.92 Å². The van der Waals surface area contributed by atoms with Crippen molar-refractivity contribution < 1.29 is 18.9 Å². The lowest BCUT2D eigenvalue weighted by Crippen LogP contribution is -2.30. The molecule has 3 amide bonds. The number of aryl methyl sites for hydroxylation is 1. The summed E-state index contributed by atoms with van der Waals surface area (Å²) in [7, 11) is 0. The van der Waals surface area contributed by atoms with Gasteiger partial charge in [0, 0.05) is 27.2 Å². The van der Waals surface area contributed by atoms with Crippen LogP contribution in [0.1, 0.15) is 21.7 Å². The van der Waals surface area contributed by atoms with Gasteiger partial charge in [-0.1, -0.05) is 53.2 Å². The largest absolute Gasteiger partial charge is 0.360 e. The van der Waals surface area contributed by atoms with Crippen LogP contribution >= 0.6 is 23.4 Å². The molecule has 1 aromatic heterocycles.